The summed E-state index contributed by atoms with van der Waals surface area (Å²) < 4.78 is 18.1. The third kappa shape index (κ3) is 5.23. The van der Waals surface area contributed by atoms with Crippen molar-refractivity contribution in [3.63, 3.8) is 0 Å². The number of carbonyl (C=O) groups excluding carboxylic acids is 1. The Kier molecular flexibility index (Phi) is 8.12. The second-order valence-electron chi connectivity index (χ2n) is 12.4. The highest BCUT2D eigenvalue weighted by Gasteiger charge is 2.35. The van der Waals surface area contributed by atoms with Gasteiger partial charge in [-0.05, 0) is 48.4 Å². The van der Waals surface area contributed by atoms with Crippen molar-refractivity contribution in [3.8, 4) is 22.7 Å². The van der Waals surface area contributed by atoms with Crippen LogP contribution in [-0.2, 0) is 4.79 Å². The standard InChI is InChI=1S/C35H36FN7O4/c1-7-27(45)40-14-15-41(21(6)17-40)33-24-16-25(36)31(23-12-8-10-22-11-9-13-26(44)28(22)23)43(47)34(24)42(35(46)39-33)32-29(19(2)3)37-18-38-30(32)20(4)5/h7-13,16,18-21,44H,1,14-15,17H2,2-6H3/t21-/m0/s1. The molecule has 0 spiro atoms. The fourth-order valence-electron chi connectivity index (χ4n) is 6.50. The maximum atomic E-state index is 16.5. The molecule has 0 unspecified atom stereocenters. The second-order valence-corrected chi connectivity index (χ2v) is 12.4. The lowest BCUT2D eigenvalue weighted by atomic mass is 9.99. The molecule has 1 fully saturated rings. The molecular formula is C35H36FN7O4. The third-order valence-electron chi connectivity index (χ3n) is 8.70. The molecule has 1 N–H and O–H groups in total. The van der Waals surface area contributed by atoms with Crippen LogP contribution in [0, 0.1) is 11.0 Å². The molecule has 12 heteroatoms. The van der Waals surface area contributed by atoms with Crippen LogP contribution in [0.25, 0.3) is 38.8 Å². The molecule has 6 rings (SSSR count). The average Bonchev–Trinajstić information content (AvgIpc) is 3.04. The summed E-state index contributed by atoms with van der Waals surface area (Å²) in [6.07, 6.45) is 2.68. The van der Waals surface area contributed by atoms with Crippen LogP contribution in [-0.4, -0.2) is 61.1 Å². The molecule has 3 aromatic heterocycles. The predicted octanol–water partition coefficient (Wildman–Crippen LogP) is 4.94. The van der Waals surface area contributed by atoms with E-state index in [9.17, 15) is 19.9 Å². The first-order valence-corrected chi connectivity index (χ1v) is 15.6. The van der Waals surface area contributed by atoms with Crippen LogP contribution in [0.1, 0.15) is 57.8 Å². The minimum atomic E-state index is -0.859. The van der Waals surface area contributed by atoms with Crippen molar-refractivity contribution in [1.82, 2.24) is 24.4 Å². The van der Waals surface area contributed by atoms with Gasteiger partial charge >= 0.3 is 11.3 Å². The van der Waals surface area contributed by atoms with Gasteiger partial charge < -0.3 is 20.1 Å². The number of hydrogen-bond donors (Lipinski definition) is 1. The van der Waals surface area contributed by atoms with Gasteiger partial charge in [-0.1, -0.05) is 58.5 Å². The van der Waals surface area contributed by atoms with E-state index in [-0.39, 0.29) is 64.2 Å². The fraction of sp³-hybridized carbons (Fsp3) is 0.314. The molecule has 5 aromatic rings. The van der Waals surface area contributed by atoms with Crippen molar-refractivity contribution in [2.75, 3.05) is 24.5 Å². The number of rotatable bonds is 6. The Morgan fingerprint density at radius 2 is 1.77 bits per heavy atom. The number of anilines is 1. The summed E-state index contributed by atoms with van der Waals surface area (Å²) in [5.74, 6) is -1.41. The highest BCUT2D eigenvalue weighted by Crippen LogP contribution is 2.37. The number of nitrogens with zero attached hydrogens (tertiary/aromatic N) is 7. The van der Waals surface area contributed by atoms with E-state index < -0.39 is 11.5 Å². The van der Waals surface area contributed by atoms with Gasteiger partial charge in [0.25, 0.3) is 0 Å². The molecule has 11 nitrogen and oxygen atoms in total. The molecule has 0 radical (unpaired) electrons. The quantitative estimate of drug-likeness (QED) is 0.157. The number of hydrogen-bond acceptors (Lipinski definition) is 8. The molecule has 47 heavy (non-hydrogen) atoms. The van der Waals surface area contributed by atoms with E-state index in [2.05, 4.69) is 21.5 Å². The van der Waals surface area contributed by atoms with Crippen molar-refractivity contribution in [2.45, 2.75) is 52.5 Å². The molecule has 0 aliphatic carbocycles. The summed E-state index contributed by atoms with van der Waals surface area (Å²) in [7, 11) is 0. The zero-order chi connectivity index (χ0) is 33.7. The van der Waals surface area contributed by atoms with E-state index in [1.807, 2.05) is 39.5 Å². The molecule has 1 atom stereocenters. The molecule has 0 saturated carbocycles. The number of aromatic hydroxyl groups is 1. The molecule has 1 aliphatic heterocycles. The Labute approximate surface area is 270 Å². The SMILES string of the molecule is C=CC(=O)N1CCN(c2nc(=O)n(-c3c(C(C)C)ncnc3C(C)C)c3c2cc(F)c(-c2cccc4cccc(O)c24)[n+]3[O-])[C@@H](C)C1. The number of carbonyl (C=O) groups is 1. The average molecular weight is 638 g/mol. The summed E-state index contributed by atoms with van der Waals surface area (Å²) in [5.41, 5.74) is 0.266. The molecule has 2 aromatic carbocycles. The maximum Gasteiger partial charge on any atom is 0.442 e. The van der Waals surface area contributed by atoms with Gasteiger partial charge in [-0.15, -0.1) is 4.57 Å². The van der Waals surface area contributed by atoms with Gasteiger partial charge in [0.05, 0.1) is 11.4 Å². The topological polar surface area (TPSA) is 131 Å². The molecule has 0 bridgehead atoms. The summed E-state index contributed by atoms with van der Waals surface area (Å²) in [6.45, 7) is 14.1. The van der Waals surface area contributed by atoms with Gasteiger partial charge in [0.1, 0.15) is 17.5 Å². The van der Waals surface area contributed by atoms with E-state index in [1.54, 1.807) is 35.2 Å². The number of amides is 1. The van der Waals surface area contributed by atoms with Gasteiger partial charge in [0.15, 0.2) is 23.0 Å². The van der Waals surface area contributed by atoms with Crippen LogP contribution in [0.5, 0.6) is 5.75 Å². The van der Waals surface area contributed by atoms with Gasteiger partial charge in [-0.3, -0.25) is 4.79 Å². The van der Waals surface area contributed by atoms with Crippen LogP contribution in [0.2, 0.25) is 0 Å². The predicted molar refractivity (Wildman–Crippen MR) is 178 cm³/mol. The monoisotopic (exact) mass is 637 g/mol. The number of aromatic nitrogens is 5. The Bertz CT molecular complexity index is 2100. The number of pyridine rings is 1. The first kappa shape index (κ1) is 31.6. The first-order valence-electron chi connectivity index (χ1n) is 15.6. The summed E-state index contributed by atoms with van der Waals surface area (Å²) >= 11 is 0. The summed E-state index contributed by atoms with van der Waals surface area (Å²) in [4.78, 5) is 43.7. The van der Waals surface area contributed by atoms with Crippen LogP contribution in [0.4, 0.5) is 10.2 Å². The highest BCUT2D eigenvalue weighted by atomic mass is 19.1. The first-order chi connectivity index (χ1) is 22.4. The Morgan fingerprint density at radius 1 is 1.11 bits per heavy atom. The largest absolute Gasteiger partial charge is 0.710 e. The van der Waals surface area contributed by atoms with Crippen molar-refractivity contribution in [3.05, 3.63) is 94.3 Å². The van der Waals surface area contributed by atoms with E-state index in [4.69, 9.17) is 0 Å². The number of benzene rings is 2. The molecule has 4 heterocycles. The smallest absolute Gasteiger partial charge is 0.442 e. The number of phenols is 1. The molecular weight excluding hydrogens is 601 g/mol. The maximum absolute atomic E-state index is 16.5. The van der Waals surface area contributed by atoms with Gasteiger partial charge in [0, 0.05) is 36.6 Å². The Hall–Kier alpha value is -5.39. The van der Waals surface area contributed by atoms with Crippen molar-refractivity contribution >= 4 is 33.5 Å². The lowest BCUT2D eigenvalue weighted by molar-refractivity contribution is -0.569. The van der Waals surface area contributed by atoms with Crippen LogP contribution in [0.15, 0.2) is 66.2 Å². The number of fused-ring (bicyclic) bond motifs is 2. The zero-order valence-corrected chi connectivity index (χ0v) is 26.9. The van der Waals surface area contributed by atoms with E-state index in [0.29, 0.717) is 45.7 Å². The summed E-state index contributed by atoms with van der Waals surface area (Å²) in [6, 6.07) is 10.8. The van der Waals surface area contributed by atoms with Gasteiger partial charge in [0.2, 0.25) is 5.91 Å². The van der Waals surface area contributed by atoms with Gasteiger partial charge in [-0.25, -0.2) is 23.9 Å². The zero-order valence-electron chi connectivity index (χ0n) is 26.9. The van der Waals surface area contributed by atoms with E-state index >= 15 is 4.39 Å². The second kappa shape index (κ2) is 12.1. The van der Waals surface area contributed by atoms with E-state index in [0.717, 1.165) is 0 Å². The van der Waals surface area contributed by atoms with Crippen molar-refractivity contribution in [1.29, 1.82) is 0 Å². The van der Waals surface area contributed by atoms with Crippen LogP contribution < -0.4 is 15.3 Å². The van der Waals surface area contributed by atoms with Crippen LogP contribution in [0.3, 0.4) is 0 Å². The Morgan fingerprint density at radius 3 is 2.38 bits per heavy atom. The number of halogens is 1. The van der Waals surface area contributed by atoms with Gasteiger partial charge in [-0.2, -0.15) is 4.98 Å². The highest BCUT2D eigenvalue weighted by molar-refractivity contribution is 6.00. The third-order valence-corrected chi connectivity index (χ3v) is 8.70. The Balaban J connectivity index is 1.74. The van der Waals surface area contributed by atoms with Crippen molar-refractivity contribution < 1.29 is 19.0 Å². The fourth-order valence-corrected chi connectivity index (χ4v) is 6.50. The number of phenolic OH excluding ortho intramolecular Hbond substituents is 1. The molecule has 1 amide bonds. The lowest BCUT2D eigenvalue weighted by Gasteiger charge is -2.40. The minimum Gasteiger partial charge on any atom is -0.710 e. The normalized spacial score (nSPS) is 15.3. The lowest BCUT2D eigenvalue weighted by Crippen LogP contribution is -2.54. The van der Waals surface area contributed by atoms with E-state index in [1.165, 1.54) is 29.1 Å². The summed E-state index contributed by atoms with van der Waals surface area (Å²) in [5, 5.41) is 26.7. The minimum absolute atomic E-state index is 0.105. The number of piperazine rings is 1. The molecule has 242 valence electrons. The molecule has 1 aliphatic rings. The van der Waals surface area contributed by atoms with Crippen LogP contribution >= 0.6 is 0 Å². The molecule has 1 saturated heterocycles. The van der Waals surface area contributed by atoms with Crippen molar-refractivity contribution in [2.24, 2.45) is 0 Å².